The molecule has 0 aromatic heterocycles. The first kappa shape index (κ1) is 39.0. The number of likely N-dealkylation sites (N-methyl/N-ethyl adjacent to an activating group) is 1. The van der Waals surface area contributed by atoms with E-state index in [-0.39, 0.29) is 72.7 Å². The van der Waals surface area contributed by atoms with Crippen LogP contribution in [0.4, 0.5) is 4.79 Å². The summed E-state index contributed by atoms with van der Waals surface area (Å²) in [6, 6.07) is -1.53. The molecular formula is C28H31N6NaO13S. The first-order valence-corrected chi connectivity index (χ1v) is 15.5. The van der Waals surface area contributed by atoms with Crippen LogP contribution in [0.3, 0.4) is 0 Å². The Labute approximate surface area is 303 Å². The summed E-state index contributed by atoms with van der Waals surface area (Å²) in [6.07, 6.45) is 0.0177. The molecular weight excluding hydrogens is 683 g/mol. The van der Waals surface area contributed by atoms with E-state index >= 15 is 0 Å². The molecule has 49 heavy (non-hydrogen) atoms. The number of amides is 7. The number of β-lactam (4-membered cyclic amide) rings is 1. The summed E-state index contributed by atoms with van der Waals surface area (Å²) in [5, 5.41) is 17.0. The van der Waals surface area contributed by atoms with Crippen molar-refractivity contribution in [1.29, 1.82) is 0 Å². The van der Waals surface area contributed by atoms with E-state index in [1.165, 1.54) is 18.7 Å². The van der Waals surface area contributed by atoms with Gasteiger partial charge in [0.2, 0.25) is 18.0 Å². The number of esters is 2. The number of imide groups is 1. The van der Waals surface area contributed by atoms with Gasteiger partial charge in [-0.2, -0.15) is 0 Å². The number of rotatable bonds is 10. The van der Waals surface area contributed by atoms with Crippen molar-refractivity contribution in [2.45, 2.75) is 62.5 Å². The van der Waals surface area contributed by atoms with Gasteiger partial charge in [-0.3, -0.25) is 42.7 Å². The Bertz CT molecular complexity index is 1670. The Morgan fingerprint density at radius 3 is 2.20 bits per heavy atom. The number of ether oxygens (including phenoxy) is 2. The first-order valence-electron chi connectivity index (χ1n) is 14.3. The molecule has 258 valence electrons. The SMILES string of the molecule is CCN1CCN(C(=O)NC(C(=O)N[C@]2(NC=O)C(=O)N3[C@@H](C(=O)[O-])C(C)(C)S(=O)[C@@H]32)c2ccc(OC(C)=O)c(OC(C)=O)c2)C(=O)C1=O.[Na+]. The molecule has 7 amide bonds. The third-order valence-electron chi connectivity index (χ3n) is 7.96. The minimum absolute atomic E-state index is 0. The summed E-state index contributed by atoms with van der Waals surface area (Å²) in [5.74, 6) is -8.65. The van der Waals surface area contributed by atoms with Crippen molar-refractivity contribution >= 4 is 64.8 Å². The Balaban J connectivity index is 0.00000650. The number of hydrogen-bond acceptors (Lipinski definition) is 13. The zero-order chi connectivity index (χ0) is 35.9. The number of carboxylic acids is 1. The van der Waals surface area contributed by atoms with Gasteiger partial charge in [0.25, 0.3) is 5.91 Å². The monoisotopic (exact) mass is 714 g/mol. The van der Waals surface area contributed by atoms with Crippen LogP contribution in [-0.4, -0.2) is 114 Å². The average Bonchev–Trinajstić information content (AvgIpc) is 3.20. The number of carbonyl (C=O) groups is 9. The molecule has 3 heterocycles. The van der Waals surface area contributed by atoms with Gasteiger partial charge in [0.1, 0.15) is 6.04 Å². The van der Waals surface area contributed by atoms with Gasteiger partial charge in [-0.05, 0) is 38.5 Å². The molecule has 19 nitrogen and oxygen atoms in total. The van der Waals surface area contributed by atoms with Gasteiger partial charge in [-0.15, -0.1) is 0 Å². The van der Waals surface area contributed by atoms with E-state index < -0.39 is 86.2 Å². The van der Waals surface area contributed by atoms with Crippen LogP contribution in [0.1, 0.15) is 46.2 Å². The van der Waals surface area contributed by atoms with Crippen LogP contribution in [0.15, 0.2) is 18.2 Å². The number of piperazine rings is 1. The van der Waals surface area contributed by atoms with Crippen molar-refractivity contribution in [2.75, 3.05) is 19.6 Å². The molecule has 21 heteroatoms. The third kappa shape index (κ3) is 6.90. The van der Waals surface area contributed by atoms with Crippen LogP contribution in [0, 0.1) is 0 Å². The summed E-state index contributed by atoms with van der Waals surface area (Å²) in [4.78, 5) is 116. The fraction of sp³-hybridized carbons (Fsp3) is 0.464. The molecule has 0 bridgehead atoms. The van der Waals surface area contributed by atoms with E-state index in [4.69, 9.17) is 9.47 Å². The van der Waals surface area contributed by atoms with Crippen molar-refractivity contribution in [1.82, 2.24) is 30.7 Å². The molecule has 3 N–H and O–H groups in total. The Morgan fingerprint density at radius 2 is 1.65 bits per heavy atom. The second kappa shape index (κ2) is 14.6. The number of carbonyl (C=O) groups excluding carboxylic acids is 9. The maximum absolute atomic E-state index is 14.1. The van der Waals surface area contributed by atoms with Gasteiger partial charge in [-0.1, -0.05) is 6.07 Å². The number of hydrogen-bond donors (Lipinski definition) is 3. The van der Waals surface area contributed by atoms with Gasteiger partial charge in [-0.25, -0.2) is 4.79 Å². The summed E-state index contributed by atoms with van der Waals surface area (Å²) in [6.45, 7) is 6.23. The number of benzene rings is 1. The van der Waals surface area contributed by atoms with Crippen LogP contribution < -0.4 is 60.1 Å². The van der Waals surface area contributed by atoms with Crippen LogP contribution in [0.25, 0.3) is 0 Å². The zero-order valence-electron chi connectivity index (χ0n) is 27.2. The Morgan fingerprint density at radius 1 is 1.04 bits per heavy atom. The average molecular weight is 715 g/mol. The molecule has 0 saturated carbocycles. The number of urea groups is 1. The molecule has 3 fully saturated rings. The fourth-order valence-electron chi connectivity index (χ4n) is 5.70. The molecule has 4 rings (SSSR count). The Kier molecular flexibility index (Phi) is 11.6. The third-order valence-corrected chi connectivity index (χ3v) is 10.2. The molecule has 3 aliphatic rings. The largest absolute Gasteiger partial charge is 1.00 e. The molecule has 0 spiro atoms. The van der Waals surface area contributed by atoms with E-state index in [9.17, 15) is 52.5 Å². The molecule has 0 radical (unpaired) electrons. The predicted molar refractivity (Wildman–Crippen MR) is 156 cm³/mol. The fourth-order valence-corrected chi connectivity index (χ4v) is 7.68. The maximum atomic E-state index is 14.1. The maximum Gasteiger partial charge on any atom is 1.00 e. The summed E-state index contributed by atoms with van der Waals surface area (Å²) < 4.78 is 22.1. The van der Waals surface area contributed by atoms with Crippen molar-refractivity contribution in [3.05, 3.63) is 23.8 Å². The molecule has 5 atom stereocenters. The Hall–Kier alpha value is -4.40. The summed E-state index contributed by atoms with van der Waals surface area (Å²) >= 11 is 0. The molecule has 2 unspecified atom stereocenters. The van der Waals surface area contributed by atoms with Crippen LogP contribution in [-0.2, 0) is 49.2 Å². The van der Waals surface area contributed by atoms with E-state index in [0.29, 0.717) is 9.80 Å². The second-order valence-corrected chi connectivity index (χ2v) is 13.5. The quantitative estimate of drug-likeness (QED) is 0.0388. The molecule has 3 saturated heterocycles. The topological polar surface area (TPSA) is 258 Å². The van der Waals surface area contributed by atoms with Crippen LogP contribution in [0.5, 0.6) is 11.5 Å². The van der Waals surface area contributed by atoms with Crippen molar-refractivity contribution < 1.29 is 91.5 Å². The number of carboxylic acid groups (broad SMARTS) is 1. The van der Waals surface area contributed by atoms with E-state index in [1.807, 2.05) is 0 Å². The van der Waals surface area contributed by atoms with Gasteiger partial charge >= 0.3 is 59.3 Å². The number of fused-ring (bicyclic) bond motifs is 1. The van der Waals surface area contributed by atoms with Crippen molar-refractivity contribution in [3.63, 3.8) is 0 Å². The summed E-state index contributed by atoms with van der Waals surface area (Å²) in [7, 11) is -2.22. The van der Waals surface area contributed by atoms with E-state index in [2.05, 4.69) is 16.0 Å². The smallest absolute Gasteiger partial charge is 0.548 e. The molecule has 3 aliphatic heterocycles. The normalized spacial score (nSPS) is 24.4. The number of aliphatic carboxylic acids is 1. The van der Waals surface area contributed by atoms with Gasteiger partial charge < -0.3 is 45.1 Å². The van der Waals surface area contributed by atoms with Crippen molar-refractivity contribution in [2.24, 2.45) is 0 Å². The second-order valence-electron chi connectivity index (χ2n) is 11.4. The predicted octanol–water partition coefficient (Wildman–Crippen LogP) is -6.63. The van der Waals surface area contributed by atoms with Crippen LogP contribution >= 0.6 is 0 Å². The number of nitrogens with one attached hydrogen (secondary N) is 3. The van der Waals surface area contributed by atoms with Gasteiger partial charge in [0.15, 0.2) is 16.9 Å². The molecule has 0 aliphatic carbocycles. The van der Waals surface area contributed by atoms with E-state index in [1.54, 1.807) is 6.92 Å². The van der Waals surface area contributed by atoms with Crippen molar-refractivity contribution in [3.8, 4) is 11.5 Å². The van der Waals surface area contributed by atoms with Crippen LogP contribution in [0.2, 0.25) is 0 Å². The van der Waals surface area contributed by atoms with Gasteiger partial charge in [0, 0.05) is 33.5 Å². The van der Waals surface area contributed by atoms with Gasteiger partial charge in [0.05, 0.1) is 27.6 Å². The molecule has 1 aromatic rings. The molecule has 1 aromatic carbocycles. The minimum Gasteiger partial charge on any atom is -0.548 e. The first-order chi connectivity index (χ1) is 22.4. The standard InChI is InChI=1S/C28H32N6O13S.Na/c1-6-32-9-10-33(22(40)21(32)39)26(44)30-18(15-7-8-16(46-13(2)36)17(11-15)47-14(3)37)20(38)31-28(29-12-35)24(43)34-19(23(41)42)27(4,5)48(45)25(28)34;/h7-8,11-12,18-19,25H,6,9-10H2,1-5H3,(H,29,35)(H,30,44)(H,31,38)(H,41,42);/q;+1/p-1/t18?,19-,25+,28+,48?;/m0./s1. The summed E-state index contributed by atoms with van der Waals surface area (Å²) in [5.41, 5.74) is -2.66. The number of nitrogens with zero attached hydrogens (tertiary/aromatic N) is 3. The van der Waals surface area contributed by atoms with E-state index in [0.717, 1.165) is 32.0 Å². The zero-order valence-corrected chi connectivity index (χ0v) is 30.0. The minimum atomic E-state index is -2.47.